The number of nitrogens with one attached hydrogen (secondary N) is 2. The minimum atomic E-state index is -0.258. The fourth-order valence-corrected chi connectivity index (χ4v) is 2.30. The van der Waals surface area contributed by atoms with Crippen molar-refractivity contribution in [2.75, 3.05) is 17.2 Å². The summed E-state index contributed by atoms with van der Waals surface area (Å²) < 4.78 is 0. The second kappa shape index (κ2) is 8.54. The maximum absolute atomic E-state index is 11.8. The van der Waals surface area contributed by atoms with E-state index in [1.54, 1.807) is 6.08 Å². The molecule has 0 aliphatic carbocycles. The molecule has 0 saturated heterocycles. The van der Waals surface area contributed by atoms with Gasteiger partial charge in [-0.15, -0.1) is 10.2 Å². The van der Waals surface area contributed by atoms with Crippen LogP contribution in [0.5, 0.6) is 0 Å². The molecule has 2 aromatic rings. The Morgan fingerprint density at radius 1 is 1.22 bits per heavy atom. The predicted molar refractivity (Wildman–Crippen MR) is 93.6 cm³/mol. The van der Waals surface area contributed by atoms with Crippen LogP contribution >= 0.6 is 11.3 Å². The number of carbonyl (C=O) groups excluding carboxylic acids is 1. The molecule has 1 aromatic heterocycles. The van der Waals surface area contributed by atoms with Gasteiger partial charge in [0.15, 0.2) is 0 Å². The highest BCUT2D eigenvalue weighted by Crippen LogP contribution is 2.19. The molecule has 0 aliphatic rings. The van der Waals surface area contributed by atoms with Crippen molar-refractivity contribution < 1.29 is 4.79 Å². The van der Waals surface area contributed by atoms with Gasteiger partial charge < -0.3 is 16.8 Å². The van der Waals surface area contributed by atoms with Crippen LogP contribution in [0.15, 0.2) is 48.3 Å². The fourth-order valence-electron chi connectivity index (χ4n) is 1.63. The van der Waals surface area contributed by atoms with Gasteiger partial charge in [-0.25, -0.2) is 0 Å². The van der Waals surface area contributed by atoms with Gasteiger partial charge in [0, 0.05) is 30.9 Å². The molecule has 0 bridgehead atoms. The van der Waals surface area contributed by atoms with Crippen LogP contribution in [0.3, 0.4) is 0 Å². The Hall–Kier alpha value is -2.87. The van der Waals surface area contributed by atoms with Crippen molar-refractivity contribution in [3.8, 4) is 0 Å². The minimum absolute atomic E-state index is 0.258. The number of nitrogens with two attached hydrogens (primary N) is 2. The van der Waals surface area contributed by atoms with Crippen LogP contribution in [0.1, 0.15) is 12.0 Å². The SMILES string of the molecule is N/C=C(\N)CCNc1nnc(NC(=O)/C=C/c2ccccc2)s1. The van der Waals surface area contributed by atoms with Gasteiger partial charge in [0.05, 0.1) is 0 Å². The molecule has 1 amide bonds. The summed E-state index contributed by atoms with van der Waals surface area (Å²) in [7, 11) is 0. The number of nitrogens with zero attached hydrogens (tertiary/aromatic N) is 2. The molecule has 1 heterocycles. The van der Waals surface area contributed by atoms with Crippen molar-refractivity contribution in [1.82, 2.24) is 10.2 Å². The first kappa shape index (κ1) is 16.5. The number of amides is 1. The van der Waals surface area contributed by atoms with Gasteiger partial charge in [-0.2, -0.15) is 0 Å². The summed E-state index contributed by atoms with van der Waals surface area (Å²) in [5.41, 5.74) is 12.4. The van der Waals surface area contributed by atoms with Gasteiger partial charge in [-0.1, -0.05) is 41.7 Å². The average Bonchev–Trinajstić information content (AvgIpc) is 3.01. The van der Waals surface area contributed by atoms with E-state index in [-0.39, 0.29) is 5.91 Å². The van der Waals surface area contributed by atoms with E-state index in [2.05, 4.69) is 20.8 Å². The zero-order valence-corrected chi connectivity index (χ0v) is 13.2. The molecule has 0 saturated carbocycles. The highest BCUT2D eigenvalue weighted by molar-refractivity contribution is 7.19. The van der Waals surface area contributed by atoms with E-state index in [1.807, 2.05) is 30.3 Å². The summed E-state index contributed by atoms with van der Waals surface area (Å²) in [6.45, 7) is 0.593. The summed E-state index contributed by atoms with van der Waals surface area (Å²) in [5, 5.41) is 14.6. The Labute approximate surface area is 138 Å². The highest BCUT2D eigenvalue weighted by Gasteiger charge is 2.05. The van der Waals surface area contributed by atoms with E-state index in [4.69, 9.17) is 11.5 Å². The van der Waals surface area contributed by atoms with Crippen LogP contribution in [0, 0.1) is 0 Å². The van der Waals surface area contributed by atoms with E-state index in [0.29, 0.717) is 28.9 Å². The normalized spacial score (nSPS) is 11.6. The lowest BCUT2D eigenvalue weighted by Crippen LogP contribution is -2.08. The molecular formula is C15H18N6OS. The zero-order chi connectivity index (χ0) is 16.5. The maximum Gasteiger partial charge on any atom is 0.250 e. The smallest absolute Gasteiger partial charge is 0.250 e. The average molecular weight is 330 g/mol. The van der Waals surface area contributed by atoms with E-state index >= 15 is 0 Å². The molecule has 0 unspecified atom stereocenters. The highest BCUT2D eigenvalue weighted by atomic mass is 32.1. The lowest BCUT2D eigenvalue weighted by Gasteiger charge is -2.01. The van der Waals surface area contributed by atoms with Crippen LogP contribution in [-0.2, 0) is 4.79 Å². The molecular weight excluding hydrogens is 312 g/mol. The molecule has 120 valence electrons. The molecule has 8 heteroatoms. The van der Waals surface area contributed by atoms with Crippen LogP contribution in [0.25, 0.3) is 6.08 Å². The first-order valence-corrected chi connectivity index (χ1v) is 7.77. The van der Waals surface area contributed by atoms with Crippen LogP contribution in [0.4, 0.5) is 10.3 Å². The second-order valence-electron chi connectivity index (χ2n) is 4.56. The van der Waals surface area contributed by atoms with Gasteiger partial charge >= 0.3 is 0 Å². The number of rotatable bonds is 7. The van der Waals surface area contributed by atoms with Crippen LogP contribution < -0.4 is 22.1 Å². The lowest BCUT2D eigenvalue weighted by atomic mass is 10.2. The summed E-state index contributed by atoms with van der Waals surface area (Å²) in [4.78, 5) is 11.8. The summed E-state index contributed by atoms with van der Waals surface area (Å²) in [6.07, 6.45) is 5.16. The third kappa shape index (κ3) is 5.79. The number of carbonyl (C=O) groups is 1. The molecule has 0 atom stereocenters. The van der Waals surface area contributed by atoms with Crippen molar-refractivity contribution >= 4 is 33.6 Å². The van der Waals surface area contributed by atoms with Crippen LogP contribution in [0.2, 0.25) is 0 Å². The number of hydrogen-bond donors (Lipinski definition) is 4. The third-order valence-corrected chi connectivity index (χ3v) is 3.58. The number of benzene rings is 1. The van der Waals surface area contributed by atoms with E-state index in [1.165, 1.54) is 23.6 Å². The summed E-state index contributed by atoms with van der Waals surface area (Å²) in [5.74, 6) is -0.258. The van der Waals surface area contributed by atoms with E-state index < -0.39 is 0 Å². The van der Waals surface area contributed by atoms with Crippen molar-refractivity contribution in [3.05, 3.63) is 53.9 Å². The topological polar surface area (TPSA) is 119 Å². The van der Waals surface area contributed by atoms with Gasteiger partial charge in [-0.05, 0) is 11.6 Å². The van der Waals surface area contributed by atoms with E-state index in [0.717, 1.165) is 5.56 Å². The molecule has 0 aliphatic heterocycles. The standard InChI is InChI=1S/C15H18N6OS/c16-10-12(17)8-9-18-14-20-21-15(23-14)19-13(22)7-6-11-4-2-1-3-5-11/h1-7,10H,8-9,16-17H2,(H,18,20)(H,19,21,22)/b7-6+,12-10-. The molecule has 1 aromatic carbocycles. The number of hydrogen-bond acceptors (Lipinski definition) is 7. The zero-order valence-electron chi connectivity index (χ0n) is 12.4. The molecule has 23 heavy (non-hydrogen) atoms. The Morgan fingerprint density at radius 3 is 2.70 bits per heavy atom. The van der Waals surface area contributed by atoms with Crippen LogP contribution in [-0.4, -0.2) is 22.6 Å². The first-order valence-electron chi connectivity index (χ1n) is 6.95. The molecule has 6 N–H and O–H groups in total. The summed E-state index contributed by atoms with van der Waals surface area (Å²) in [6, 6.07) is 9.57. The molecule has 2 rings (SSSR count). The van der Waals surface area contributed by atoms with Crippen molar-refractivity contribution in [1.29, 1.82) is 0 Å². The van der Waals surface area contributed by atoms with Gasteiger partial charge in [0.25, 0.3) is 0 Å². The lowest BCUT2D eigenvalue weighted by molar-refractivity contribution is -0.111. The second-order valence-corrected chi connectivity index (χ2v) is 5.54. The van der Waals surface area contributed by atoms with Crippen molar-refractivity contribution in [2.45, 2.75) is 6.42 Å². The molecule has 0 fully saturated rings. The van der Waals surface area contributed by atoms with Gasteiger partial charge in [-0.3, -0.25) is 10.1 Å². The quantitative estimate of drug-likeness (QED) is 0.574. The predicted octanol–water partition coefficient (Wildman–Crippen LogP) is 1.75. The Bertz CT molecular complexity index is 695. The van der Waals surface area contributed by atoms with Crippen molar-refractivity contribution in [3.63, 3.8) is 0 Å². The van der Waals surface area contributed by atoms with Crippen molar-refractivity contribution in [2.24, 2.45) is 11.5 Å². The number of aromatic nitrogens is 2. The monoisotopic (exact) mass is 330 g/mol. The Balaban J connectivity index is 1.81. The van der Waals surface area contributed by atoms with Gasteiger partial charge in [0.1, 0.15) is 0 Å². The molecule has 0 spiro atoms. The fraction of sp³-hybridized carbons (Fsp3) is 0.133. The largest absolute Gasteiger partial charge is 0.403 e. The molecule has 7 nitrogen and oxygen atoms in total. The van der Waals surface area contributed by atoms with E-state index in [9.17, 15) is 4.79 Å². The Kier molecular flexibility index (Phi) is 6.13. The minimum Gasteiger partial charge on any atom is -0.403 e. The summed E-state index contributed by atoms with van der Waals surface area (Å²) >= 11 is 1.25. The first-order chi connectivity index (χ1) is 11.2. The maximum atomic E-state index is 11.8. The number of anilines is 2. The molecule has 0 radical (unpaired) electrons. The van der Waals surface area contributed by atoms with Gasteiger partial charge in [0.2, 0.25) is 16.2 Å². The Morgan fingerprint density at radius 2 is 1.96 bits per heavy atom. The third-order valence-electron chi connectivity index (χ3n) is 2.79.